The van der Waals surface area contributed by atoms with Crippen molar-refractivity contribution in [3.63, 3.8) is 0 Å². The molecule has 0 aliphatic carbocycles. The van der Waals surface area contributed by atoms with Crippen LogP contribution in [0.25, 0.3) is 0 Å². The second-order valence-electron chi connectivity index (χ2n) is 5.13. The van der Waals surface area contributed by atoms with Crippen LogP contribution >= 0.6 is 0 Å². The number of hydrogen-bond donors (Lipinski definition) is 1. The van der Waals surface area contributed by atoms with Crippen molar-refractivity contribution in [2.45, 2.75) is 25.2 Å². The zero-order valence-corrected chi connectivity index (χ0v) is 13.9. The fourth-order valence-corrected chi connectivity index (χ4v) is 2.90. The molecule has 2 aromatic rings. The highest BCUT2D eigenvalue weighted by molar-refractivity contribution is 7.90. The monoisotopic (exact) mass is 333 g/mol. The Morgan fingerprint density at radius 1 is 1.04 bits per heavy atom. The zero-order chi connectivity index (χ0) is 16.9. The third-order valence-corrected chi connectivity index (χ3v) is 4.67. The van der Waals surface area contributed by atoms with Gasteiger partial charge in [0.25, 0.3) is 15.9 Å². The Balaban J connectivity index is 1.94. The molecular formula is C17H19NO4S. The Morgan fingerprint density at radius 2 is 1.65 bits per heavy atom. The minimum absolute atomic E-state index is 0.0451. The summed E-state index contributed by atoms with van der Waals surface area (Å²) in [5, 5.41) is 0. The number of benzene rings is 2. The Morgan fingerprint density at radius 3 is 2.22 bits per heavy atom. The SMILES string of the molecule is CCc1ccc(OCC(=O)NS(=O)(=O)c2ccc(C)cc2)cc1. The average Bonchev–Trinajstić information content (AvgIpc) is 2.53. The molecule has 0 atom stereocenters. The Labute approximate surface area is 136 Å². The van der Waals surface area contributed by atoms with Crippen molar-refractivity contribution in [2.24, 2.45) is 0 Å². The first kappa shape index (κ1) is 17.0. The maximum Gasteiger partial charge on any atom is 0.271 e. The molecule has 0 fully saturated rings. The highest BCUT2D eigenvalue weighted by Crippen LogP contribution is 2.13. The molecule has 2 rings (SSSR count). The normalized spacial score (nSPS) is 11.0. The predicted molar refractivity (Wildman–Crippen MR) is 87.8 cm³/mol. The first-order valence-corrected chi connectivity index (χ1v) is 8.73. The number of rotatable bonds is 6. The number of hydrogen-bond acceptors (Lipinski definition) is 4. The quantitative estimate of drug-likeness (QED) is 0.881. The Kier molecular flexibility index (Phi) is 5.39. The van der Waals surface area contributed by atoms with Crippen LogP contribution in [-0.2, 0) is 21.2 Å². The number of amides is 1. The lowest BCUT2D eigenvalue weighted by Crippen LogP contribution is -2.34. The molecule has 0 spiro atoms. The van der Waals surface area contributed by atoms with Crippen LogP contribution in [0.1, 0.15) is 18.1 Å². The average molecular weight is 333 g/mol. The van der Waals surface area contributed by atoms with Crippen molar-refractivity contribution >= 4 is 15.9 Å². The summed E-state index contributed by atoms with van der Waals surface area (Å²) in [5.41, 5.74) is 2.10. The van der Waals surface area contributed by atoms with Crippen LogP contribution in [-0.4, -0.2) is 20.9 Å². The lowest BCUT2D eigenvalue weighted by Gasteiger charge is -2.09. The molecular weight excluding hydrogens is 314 g/mol. The van der Waals surface area contributed by atoms with Crippen LogP contribution in [0.4, 0.5) is 0 Å². The number of sulfonamides is 1. The van der Waals surface area contributed by atoms with Gasteiger partial charge >= 0.3 is 0 Å². The van der Waals surface area contributed by atoms with Crippen molar-refractivity contribution in [3.8, 4) is 5.75 Å². The minimum Gasteiger partial charge on any atom is -0.484 e. The maximum atomic E-state index is 12.1. The molecule has 0 saturated heterocycles. The second-order valence-corrected chi connectivity index (χ2v) is 6.81. The molecule has 23 heavy (non-hydrogen) atoms. The molecule has 1 amide bonds. The van der Waals surface area contributed by atoms with Gasteiger partial charge in [-0.1, -0.05) is 36.8 Å². The number of carbonyl (C=O) groups excluding carboxylic acids is 1. The highest BCUT2D eigenvalue weighted by Gasteiger charge is 2.17. The van der Waals surface area contributed by atoms with Gasteiger partial charge in [0.15, 0.2) is 6.61 Å². The van der Waals surface area contributed by atoms with Crippen LogP contribution in [0, 0.1) is 6.92 Å². The van der Waals surface area contributed by atoms with Gasteiger partial charge in [0, 0.05) is 0 Å². The largest absolute Gasteiger partial charge is 0.484 e. The number of ether oxygens (including phenoxy) is 1. The van der Waals surface area contributed by atoms with E-state index in [2.05, 4.69) is 0 Å². The third kappa shape index (κ3) is 4.82. The fourth-order valence-electron chi connectivity index (χ4n) is 1.93. The summed E-state index contributed by atoms with van der Waals surface area (Å²) in [5.74, 6) is -0.199. The summed E-state index contributed by atoms with van der Waals surface area (Å²) in [6.45, 7) is 3.53. The highest BCUT2D eigenvalue weighted by atomic mass is 32.2. The molecule has 0 unspecified atom stereocenters. The first-order valence-electron chi connectivity index (χ1n) is 7.25. The molecule has 0 aromatic heterocycles. The van der Waals surface area contributed by atoms with Gasteiger partial charge in [-0.25, -0.2) is 13.1 Å². The van der Waals surface area contributed by atoms with Crippen LogP contribution in [0.3, 0.4) is 0 Å². The molecule has 0 aliphatic rings. The molecule has 2 aromatic carbocycles. The van der Waals surface area contributed by atoms with Gasteiger partial charge in [-0.15, -0.1) is 0 Å². The summed E-state index contributed by atoms with van der Waals surface area (Å²) in [6, 6.07) is 13.5. The number of aryl methyl sites for hydroxylation is 2. The predicted octanol–water partition coefficient (Wildman–Crippen LogP) is 2.44. The fraction of sp³-hybridized carbons (Fsp3) is 0.235. The molecule has 5 nitrogen and oxygen atoms in total. The minimum atomic E-state index is -3.87. The standard InChI is InChI=1S/C17H19NO4S/c1-3-14-6-8-15(9-7-14)22-12-17(19)18-23(20,21)16-10-4-13(2)5-11-16/h4-11H,3,12H2,1-2H3,(H,18,19). The van der Waals surface area contributed by atoms with Crippen molar-refractivity contribution < 1.29 is 17.9 Å². The molecule has 0 heterocycles. The van der Waals surface area contributed by atoms with E-state index in [0.29, 0.717) is 5.75 Å². The summed E-state index contributed by atoms with van der Waals surface area (Å²) in [7, 11) is -3.87. The summed E-state index contributed by atoms with van der Waals surface area (Å²) in [6.07, 6.45) is 0.912. The molecule has 0 bridgehead atoms. The van der Waals surface area contributed by atoms with E-state index in [9.17, 15) is 13.2 Å². The van der Waals surface area contributed by atoms with E-state index >= 15 is 0 Å². The van der Waals surface area contributed by atoms with Crippen LogP contribution < -0.4 is 9.46 Å². The van der Waals surface area contributed by atoms with E-state index in [1.807, 2.05) is 30.7 Å². The van der Waals surface area contributed by atoms with E-state index in [1.54, 1.807) is 24.3 Å². The topological polar surface area (TPSA) is 72.5 Å². The van der Waals surface area contributed by atoms with Gasteiger partial charge in [0.05, 0.1) is 4.90 Å². The van der Waals surface area contributed by atoms with Crippen LogP contribution in [0.2, 0.25) is 0 Å². The van der Waals surface area contributed by atoms with Gasteiger partial charge in [0.2, 0.25) is 0 Å². The summed E-state index contributed by atoms with van der Waals surface area (Å²) in [4.78, 5) is 11.8. The van der Waals surface area contributed by atoms with Crippen molar-refractivity contribution in [1.29, 1.82) is 0 Å². The third-order valence-electron chi connectivity index (χ3n) is 3.28. The van der Waals surface area contributed by atoms with E-state index in [-0.39, 0.29) is 11.5 Å². The molecule has 122 valence electrons. The lowest BCUT2D eigenvalue weighted by molar-refractivity contribution is -0.121. The van der Waals surface area contributed by atoms with Crippen molar-refractivity contribution in [2.75, 3.05) is 6.61 Å². The van der Waals surface area contributed by atoms with Crippen molar-refractivity contribution in [3.05, 3.63) is 59.7 Å². The van der Waals surface area contributed by atoms with Crippen LogP contribution in [0.5, 0.6) is 5.75 Å². The first-order chi connectivity index (χ1) is 10.9. The lowest BCUT2D eigenvalue weighted by atomic mass is 10.2. The van der Waals surface area contributed by atoms with Gasteiger partial charge < -0.3 is 4.74 Å². The van der Waals surface area contributed by atoms with E-state index in [1.165, 1.54) is 12.1 Å². The Hall–Kier alpha value is -2.34. The zero-order valence-electron chi connectivity index (χ0n) is 13.1. The molecule has 6 heteroatoms. The van der Waals surface area contributed by atoms with Crippen LogP contribution in [0.15, 0.2) is 53.4 Å². The molecule has 0 aliphatic heterocycles. The molecule has 0 radical (unpaired) electrons. The molecule has 0 saturated carbocycles. The van der Waals surface area contributed by atoms with E-state index in [4.69, 9.17) is 4.74 Å². The number of carbonyl (C=O) groups is 1. The summed E-state index contributed by atoms with van der Waals surface area (Å²) < 4.78 is 31.4. The Bertz CT molecular complexity index is 765. The second kappa shape index (κ2) is 7.28. The van der Waals surface area contributed by atoms with E-state index < -0.39 is 15.9 Å². The number of nitrogens with one attached hydrogen (secondary N) is 1. The smallest absolute Gasteiger partial charge is 0.271 e. The van der Waals surface area contributed by atoms with Gasteiger partial charge in [-0.3, -0.25) is 4.79 Å². The van der Waals surface area contributed by atoms with Gasteiger partial charge in [-0.2, -0.15) is 0 Å². The van der Waals surface area contributed by atoms with Gasteiger partial charge in [-0.05, 0) is 43.2 Å². The van der Waals surface area contributed by atoms with Crippen molar-refractivity contribution in [1.82, 2.24) is 4.72 Å². The summed E-state index contributed by atoms with van der Waals surface area (Å²) >= 11 is 0. The molecule has 1 N–H and O–H groups in total. The maximum absolute atomic E-state index is 12.1. The van der Waals surface area contributed by atoms with Gasteiger partial charge in [0.1, 0.15) is 5.75 Å². The van der Waals surface area contributed by atoms with E-state index in [0.717, 1.165) is 17.5 Å².